The average Bonchev–Trinajstić information content (AvgIpc) is 3.02. The Kier molecular flexibility index (Phi) is 6.47. The number of hydrogen-bond donors (Lipinski definition) is 0. The summed E-state index contributed by atoms with van der Waals surface area (Å²) in [5, 5.41) is 1.67. The molecule has 2 aromatic rings. The molecule has 0 N–H and O–H groups in total. The number of anilines is 1. The summed E-state index contributed by atoms with van der Waals surface area (Å²) in [5.74, 6) is 0.259. The molecule has 0 aromatic heterocycles. The van der Waals surface area contributed by atoms with Crippen LogP contribution in [0.3, 0.4) is 0 Å². The average molecular weight is 481 g/mol. The van der Waals surface area contributed by atoms with Crippen molar-refractivity contribution in [2.75, 3.05) is 31.7 Å². The first-order valence-electron chi connectivity index (χ1n) is 10.8. The van der Waals surface area contributed by atoms with Gasteiger partial charge in [-0.25, -0.2) is 0 Å². The van der Waals surface area contributed by atoms with Crippen molar-refractivity contribution in [3.8, 4) is 0 Å². The molecule has 2 heterocycles. The van der Waals surface area contributed by atoms with E-state index in [1.165, 1.54) is 11.1 Å². The molecule has 0 saturated carbocycles. The Morgan fingerprint density at radius 1 is 0.968 bits per heavy atom. The monoisotopic (exact) mass is 479 g/mol. The van der Waals surface area contributed by atoms with Crippen LogP contribution in [0.25, 0.3) is 0 Å². The molecule has 5 rings (SSSR count). The molecule has 1 atom stereocenters. The van der Waals surface area contributed by atoms with Crippen LogP contribution in [0.1, 0.15) is 30.4 Å². The Hall–Kier alpha value is -1.46. The van der Waals surface area contributed by atoms with Crippen LogP contribution in [-0.4, -0.2) is 54.1 Å². The highest BCUT2D eigenvalue weighted by Gasteiger charge is 2.53. The van der Waals surface area contributed by atoms with Crippen LogP contribution in [0.5, 0.6) is 0 Å². The van der Waals surface area contributed by atoms with Crippen LogP contribution in [0.2, 0.25) is 10.0 Å². The Morgan fingerprint density at radius 2 is 1.61 bits per heavy atom. The number of carbonyl (C=O) groups is 1. The summed E-state index contributed by atoms with van der Waals surface area (Å²) in [6.07, 6.45) is 4.72. The molecule has 166 valence electrons. The quantitative estimate of drug-likeness (QED) is 0.602. The van der Waals surface area contributed by atoms with Gasteiger partial charge >= 0.3 is 0 Å². The van der Waals surface area contributed by atoms with E-state index in [1.54, 1.807) is 0 Å². The predicted octanol–water partition coefficient (Wildman–Crippen LogP) is 5.04. The highest BCUT2D eigenvalue weighted by Crippen LogP contribution is 2.41. The summed E-state index contributed by atoms with van der Waals surface area (Å²) in [6.45, 7) is 2.52. The van der Waals surface area contributed by atoms with Crippen molar-refractivity contribution in [2.24, 2.45) is 0 Å². The molecule has 2 aliphatic heterocycles. The first-order chi connectivity index (χ1) is 14.5. The van der Waals surface area contributed by atoms with Crippen LogP contribution >= 0.6 is 35.6 Å². The van der Waals surface area contributed by atoms with E-state index in [4.69, 9.17) is 23.2 Å². The number of carbonyl (C=O) groups excluding carboxylic acids is 1. The number of hydrogen-bond acceptors (Lipinski definition) is 3. The van der Waals surface area contributed by atoms with Gasteiger partial charge < -0.3 is 9.80 Å². The number of likely N-dealkylation sites (N-methyl/N-ethyl adjacent to an activating group) is 1. The maximum absolute atomic E-state index is 13.2. The number of piperidine rings is 1. The third-order valence-corrected chi connectivity index (χ3v) is 8.02. The number of likely N-dealkylation sites (tertiary alicyclic amines) is 1. The van der Waals surface area contributed by atoms with E-state index in [2.05, 4.69) is 34.1 Å². The minimum atomic E-state index is -0.417. The first-order valence-corrected chi connectivity index (χ1v) is 11.5. The van der Waals surface area contributed by atoms with Crippen molar-refractivity contribution in [1.82, 2.24) is 9.80 Å². The van der Waals surface area contributed by atoms with E-state index in [0.717, 1.165) is 60.9 Å². The van der Waals surface area contributed by atoms with E-state index < -0.39 is 5.54 Å². The third kappa shape index (κ3) is 3.82. The van der Waals surface area contributed by atoms with Crippen LogP contribution in [-0.2, 0) is 17.6 Å². The second-order valence-corrected chi connectivity index (χ2v) is 9.67. The summed E-state index contributed by atoms with van der Waals surface area (Å²) in [4.78, 5) is 20.0. The molecule has 1 unspecified atom stereocenters. The summed E-state index contributed by atoms with van der Waals surface area (Å²) in [6, 6.07) is 14.7. The molecule has 2 fully saturated rings. The lowest BCUT2D eigenvalue weighted by Gasteiger charge is -2.46. The second-order valence-electron chi connectivity index (χ2n) is 8.86. The van der Waals surface area contributed by atoms with E-state index in [9.17, 15) is 4.79 Å². The molecule has 31 heavy (non-hydrogen) atoms. The molecule has 1 amide bonds. The Labute approximate surface area is 200 Å². The summed E-state index contributed by atoms with van der Waals surface area (Å²) >= 11 is 12.9. The van der Waals surface area contributed by atoms with Crippen LogP contribution in [0.15, 0.2) is 42.5 Å². The van der Waals surface area contributed by atoms with Gasteiger partial charge in [0, 0.05) is 41.9 Å². The van der Waals surface area contributed by atoms with Crippen molar-refractivity contribution < 1.29 is 4.79 Å². The zero-order valence-corrected chi connectivity index (χ0v) is 20.0. The molecular formula is C24H28Cl3N3O. The molecule has 0 radical (unpaired) electrons. The van der Waals surface area contributed by atoms with E-state index >= 15 is 0 Å². The van der Waals surface area contributed by atoms with Crippen LogP contribution in [0.4, 0.5) is 5.69 Å². The highest BCUT2D eigenvalue weighted by molar-refractivity contribution is 6.34. The van der Waals surface area contributed by atoms with Gasteiger partial charge in [-0.05, 0) is 67.5 Å². The number of para-hydroxylation sites is 1. The molecule has 1 spiro atoms. The van der Waals surface area contributed by atoms with Crippen molar-refractivity contribution in [3.63, 3.8) is 0 Å². The molecule has 2 saturated heterocycles. The van der Waals surface area contributed by atoms with Gasteiger partial charge in [-0.15, -0.1) is 12.4 Å². The van der Waals surface area contributed by atoms with E-state index in [-0.39, 0.29) is 18.3 Å². The number of fused-ring (bicyclic) bond motifs is 1. The fourth-order valence-corrected chi connectivity index (χ4v) is 6.17. The first kappa shape index (κ1) is 22.7. The largest absolute Gasteiger partial charge is 0.339 e. The summed E-state index contributed by atoms with van der Waals surface area (Å²) in [7, 11) is 1.92. The molecule has 4 nitrogen and oxygen atoms in total. The number of benzene rings is 2. The zero-order valence-electron chi connectivity index (χ0n) is 17.7. The zero-order chi connectivity index (χ0) is 20.9. The predicted molar refractivity (Wildman–Crippen MR) is 130 cm³/mol. The van der Waals surface area contributed by atoms with Gasteiger partial charge in [0.1, 0.15) is 5.54 Å². The van der Waals surface area contributed by atoms with Crippen molar-refractivity contribution in [1.29, 1.82) is 0 Å². The van der Waals surface area contributed by atoms with Crippen molar-refractivity contribution >= 4 is 47.2 Å². The number of rotatable bonds is 2. The number of amides is 1. The fourth-order valence-electron chi connectivity index (χ4n) is 5.65. The van der Waals surface area contributed by atoms with Crippen LogP contribution in [0, 0.1) is 0 Å². The van der Waals surface area contributed by atoms with Crippen molar-refractivity contribution in [2.45, 2.75) is 43.7 Å². The Morgan fingerprint density at radius 3 is 2.29 bits per heavy atom. The standard InChI is InChI=1S/C24H27Cl2N3O.ClH/c1-27-16-29(17-5-3-2-4-6-17)24(23(27)30)11-13-28(14-12-24)18-7-8-19-20(15-18)22(26)10-9-21(19)25;/h2-6,9-10,18H,7-8,11-16H2,1H3;1H. The third-order valence-electron chi connectivity index (χ3n) is 7.31. The molecule has 7 heteroatoms. The summed E-state index contributed by atoms with van der Waals surface area (Å²) in [5.41, 5.74) is 3.15. The van der Waals surface area contributed by atoms with E-state index in [1.807, 2.05) is 30.1 Å². The number of halogens is 3. The van der Waals surface area contributed by atoms with Gasteiger partial charge in [0.05, 0.1) is 6.67 Å². The van der Waals surface area contributed by atoms with E-state index in [0.29, 0.717) is 12.7 Å². The second kappa shape index (κ2) is 8.82. The number of nitrogens with zero attached hydrogens (tertiary/aromatic N) is 3. The van der Waals surface area contributed by atoms with Gasteiger partial charge in [0.15, 0.2) is 0 Å². The maximum atomic E-state index is 13.2. The minimum absolute atomic E-state index is 0. The van der Waals surface area contributed by atoms with Gasteiger partial charge in [0.2, 0.25) is 5.91 Å². The van der Waals surface area contributed by atoms with Crippen LogP contribution < -0.4 is 4.90 Å². The van der Waals surface area contributed by atoms with Gasteiger partial charge in [-0.1, -0.05) is 41.4 Å². The smallest absolute Gasteiger partial charge is 0.249 e. The fraction of sp³-hybridized carbons (Fsp3) is 0.458. The van der Waals surface area contributed by atoms with Gasteiger partial charge in [0.25, 0.3) is 0 Å². The topological polar surface area (TPSA) is 26.8 Å². The Balaban J connectivity index is 0.00000231. The molecule has 3 aliphatic rings. The minimum Gasteiger partial charge on any atom is -0.339 e. The maximum Gasteiger partial charge on any atom is 0.249 e. The molecule has 2 aromatic carbocycles. The SMILES string of the molecule is CN1CN(c2ccccc2)C2(CCN(C3CCc4c(Cl)ccc(Cl)c4C3)CC2)C1=O.Cl. The van der Waals surface area contributed by atoms with Crippen molar-refractivity contribution in [3.05, 3.63) is 63.6 Å². The molecular weight excluding hydrogens is 453 g/mol. The normalized spacial score (nSPS) is 23.1. The molecule has 0 bridgehead atoms. The molecule has 1 aliphatic carbocycles. The lowest BCUT2D eigenvalue weighted by Crippen LogP contribution is -2.58. The van der Waals surface area contributed by atoms with Gasteiger partial charge in [-0.2, -0.15) is 0 Å². The summed E-state index contributed by atoms with van der Waals surface area (Å²) < 4.78 is 0. The lowest BCUT2D eigenvalue weighted by molar-refractivity contribution is -0.132. The lowest BCUT2D eigenvalue weighted by atomic mass is 9.82. The highest BCUT2D eigenvalue weighted by atomic mass is 35.5. The van der Waals surface area contributed by atoms with Gasteiger partial charge in [-0.3, -0.25) is 9.69 Å². The Bertz CT molecular complexity index is 960.